The second kappa shape index (κ2) is 6.83. The van der Waals surface area contributed by atoms with Crippen LogP contribution in [0.4, 0.5) is 0 Å². The molecule has 0 radical (unpaired) electrons. The van der Waals surface area contributed by atoms with Crippen LogP contribution in [0.5, 0.6) is 0 Å². The molecule has 13 heavy (non-hydrogen) atoms. The molecule has 0 aliphatic carbocycles. The number of aliphatic hydroxyl groups is 3. The lowest BCUT2D eigenvalue weighted by atomic mass is 10.2. The SMILES string of the molecule is CCCCCC=CC=CC(O)(O)O. The molecular weight excluding hydrogens is 168 g/mol. The molecule has 0 spiro atoms. The molecule has 3 heteroatoms. The Labute approximate surface area is 79.0 Å². The molecule has 0 heterocycles. The second-order valence-corrected chi connectivity index (χ2v) is 2.97. The Hall–Kier alpha value is -0.640. The van der Waals surface area contributed by atoms with Gasteiger partial charge in [-0.2, -0.15) is 0 Å². The number of hydrogen-bond acceptors (Lipinski definition) is 3. The summed E-state index contributed by atoms with van der Waals surface area (Å²) in [5.41, 5.74) is 0. The van der Waals surface area contributed by atoms with Gasteiger partial charge in [0.2, 0.25) is 0 Å². The highest BCUT2D eigenvalue weighted by molar-refractivity contribution is 5.04. The van der Waals surface area contributed by atoms with Gasteiger partial charge in [-0.15, -0.1) is 0 Å². The van der Waals surface area contributed by atoms with Crippen molar-refractivity contribution >= 4 is 0 Å². The van der Waals surface area contributed by atoms with Gasteiger partial charge >= 0.3 is 0 Å². The molecule has 0 aliphatic heterocycles. The van der Waals surface area contributed by atoms with E-state index in [4.69, 9.17) is 15.3 Å². The van der Waals surface area contributed by atoms with Gasteiger partial charge in [-0.1, -0.05) is 38.0 Å². The van der Waals surface area contributed by atoms with E-state index in [2.05, 4.69) is 6.92 Å². The lowest BCUT2D eigenvalue weighted by Gasteiger charge is -2.05. The lowest BCUT2D eigenvalue weighted by Crippen LogP contribution is -2.22. The molecule has 0 unspecified atom stereocenters. The van der Waals surface area contributed by atoms with Gasteiger partial charge in [0.05, 0.1) is 0 Å². The zero-order valence-electron chi connectivity index (χ0n) is 7.98. The van der Waals surface area contributed by atoms with Crippen molar-refractivity contribution in [1.29, 1.82) is 0 Å². The summed E-state index contributed by atoms with van der Waals surface area (Å²) < 4.78 is 0. The molecule has 0 atom stereocenters. The van der Waals surface area contributed by atoms with Gasteiger partial charge < -0.3 is 15.3 Å². The summed E-state index contributed by atoms with van der Waals surface area (Å²) in [6.07, 6.45) is 10.5. The van der Waals surface area contributed by atoms with Gasteiger partial charge in [-0.3, -0.25) is 0 Å². The summed E-state index contributed by atoms with van der Waals surface area (Å²) >= 11 is 0. The molecule has 3 nitrogen and oxygen atoms in total. The van der Waals surface area contributed by atoms with Crippen molar-refractivity contribution in [3.05, 3.63) is 24.3 Å². The lowest BCUT2D eigenvalue weighted by molar-refractivity contribution is -0.273. The van der Waals surface area contributed by atoms with Crippen molar-refractivity contribution in [3.63, 3.8) is 0 Å². The van der Waals surface area contributed by atoms with Crippen molar-refractivity contribution in [2.45, 2.75) is 38.6 Å². The summed E-state index contributed by atoms with van der Waals surface area (Å²) in [6, 6.07) is 0. The first kappa shape index (κ1) is 12.4. The number of rotatable bonds is 6. The third-order valence-corrected chi connectivity index (χ3v) is 1.54. The fourth-order valence-electron chi connectivity index (χ4n) is 0.872. The second-order valence-electron chi connectivity index (χ2n) is 2.97. The minimum atomic E-state index is -2.69. The topological polar surface area (TPSA) is 60.7 Å². The van der Waals surface area contributed by atoms with Crippen molar-refractivity contribution in [1.82, 2.24) is 0 Å². The van der Waals surface area contributed by atoms with E-state index in [1.807, 2.05) is 6.08 Å². The zero-order chi connectivity index (χ0) is 10.2. The minimum Gasteiger partial charge on any atom is -0.340 e. The summed E-state index contributed by atoms with van der Waals surface area (Å²) in [6.45, 7) is 2.14. The smallest absolute Gasteiger partial charge is 0.297 e. The van der Waals surface area contributed by atoms with Gasteiger partial charge in [-0.05, 0) is 12.8 Å². The first-order valence-electron chi connectivity index (χ1n) is 4.57. The fourth-order valence-corrected chi connectivity index (χ4v) is 0.872. The molecule has 0 amide bonds. The predicted octanol–water partition coefficient (Wildman–Crippen LogP) is 1.31. The third kappa shape index (κ3) is 11.4. The van der Waals surface area contributed by atoms with E-state index in [-0.39, 0.29) is 0 Å². The quantitative estimate of drug-likeness (QED) is 0.333. The van der Waals surface area contributed by atoms with E-state index >= 15 is 0 Å². The molecule has 3 N–H and O–H groups in total. The van der Waals surface area contributed by atoms with E-state index < -0.39 is 5.97 Å². The van der Waals surface area contributed by atoms with Crippen LogP contribution >= 0.6 is 0 Å². The van der Waals surface area contributed by atoms with Crippen molar-refractivity contribution < 1.29 is 15.3 Å². The first-order chi connectivity index (χ1) is 6.06. The Kier molecular flexibility index (Phi) is 6.49. The molecule has 76 valence electrons. The molecule has 0 saturated heterocycles. The summed E-state index contributed by atoms with van der Waals surface area (Å²) in [7, 11) is 0. The molecule has 0 fully saturated rings. The molecule has 0 rings (SSSR count). The van der Waals surface area contributed by atoms with Crippen molar-refractivity contribution in [2.75, 3.05) is 0 Å². The normalized spacial score (nSPS) is 13.2. The number of hydrogen-bond donors (Lipinski definition) is 3. The predicted molar refractivity (Wildman–Crippen MR) is 51.8 cm³/mol. The molecule has 0 aromatic rings. The molecular formula is C10H18O3. The third-order valence-electron chi connectivity index (χ3n) is 1.54. The Bertz CT molecular complexity index is 165. The van der Waals surface area contributed by atoms with Gasteiger partial charge in [0.15, 0.2) is 0 Å². The van der Waals surface area contributed by atoms with Crippen LogP contribution in [-0.2, 0) is 0 Å². The molecule has 0 aromatic carbocycles. The van der Waals surface area contributed by atoms with Crippen LogP contribution in [0.15, 0.2) is 24.3 Å². The minimum absolute atomic E-state index is 0.906. The van der Waals surface area contributed by atoms with Crippen LogP contribution in [0.25, 0.3) is 0 Å². The maximum absolute atomic E-state index is 8.45. The monoisotopic (exact) mass is 186 g/mol. The average Bonchev–Trinajstić information content (AvgIpc) is 2.01. The van der Waals surface area contributed by atoms with Crippen LogP contribution in [0.2, 0.25) is 0 Å². The Morgan fingerprint density at radius 2 is 1.77 bits per heavy atom. The van der Waals surface area contributed by atoms with E-state index in [9.17, 15) is 0 Å². The Morgan fingerprint density at radius 3 is 2.31 bits per heavy atom. The van der Waals surface area contributed by atoms with Gasteiger partial charge in [0.1, 0.15) is 0 Å². The average molecular weight is 186 g/mol. The summed E-state index contributed by atoms with van der Waals surface area (Å²) in [5, 5.41) is 25.3. The maximum atomic E-state index is 8.45. The highest BCUT2D eigenvalue weighted by Gasteiger charge is 2.10. The van der Waals surface area contributed by atoms with Crippen LogP contribution in [0.1, 0.15) is 32.6 Å². The molecule has 0 saturated carbocycles. The molecule has 0 aliphatic rings. The van der Waals surface area contributed by atoms with Gasteiger partial charge in [-0.25, -0.2) is 0 Å². The van der Waals surface area contributed by atoms with E-state index in [0.717, 1.165) is 18.9 Å². The van der Waals surface area contributed by atoms with Crippen LogP contribution in [-0.4, -0.2) is 21.3 Å². The van der Waals surface area contributed by atoms with Gasteiger partial charge in [0.25, 0.3) is 5.97 Å². The van der Waals surface area contributed by atoms with E-state index in [1.54, 1.807) is 6.08 Å². The first-order valence-corrected chi connectivity index (χ1v) is 4.57. The van der Waals surface area contributed by atoms with Crippen LogP contribution < -0.4 is 0 Å². The highest BCUT2D eigenvalue weighted by Crippen LogP contribution is 2.00. The molecule has 0 bridgehead atoms. The molecule has 0 aromatic heterocycles. The maximum Gasteiger partial charge on any atom is 0.297 e. The van der Waals surface area contributed by atoms with Crippen LogP contribution in [0, 0.1) is 0 Å². The zero-order valence-corrected chi connectivity index (χ0v) is 7.98. The van der Waals surface area contributed by atoms with Crippen LogP contribution in [0.3, 0.4) is 0 Å². The van der Waals surface area contributed by atoms with Gasteiger partial charge in [0, 0.05) is 6.08 Å². The van der Waals surface area contributed by atoms with Crippen molar-refractivity contribution in [2.24, 2.45) is 0 Å². The van der Waals surface area contributed by atoms with E-state index in [0.29, 0.717) is 0 Å². The summed E-state index contributed by atoms with van der Waals surface area (Å²) in [4.78, 5) is 0. The Balaban J connectivity index is 3.46. The summed E-state index contributed by atoms with van der Waals surface area (Å²) in [5.74, 6) is -2.69. The number of unbranched alkanes of at least 4 members (excludes halogenated alkanes) is 3. The van der Waals surface area contributed by atoms with E-state index in [1.165, 1.54) is 18.9 Å². The Morgan fingerprint density at radius 1 is 1.08 bits per heavy atom. The number of allylic oxidation sites excluding steroid dienone is 3. The fraction of sp³-hybridized carbons (Fsp3) is 0.600. The standard InChI is InChI=1S/C10H18O3/c1-2-3-4-5-6-7-8-9-10(11,12)13/h6-9,11-13H,2-5H2,1H3. The largest absolute Gasteiger partial charge is 0.340 e. The highest BCUT2D eigenvalue weighted by atomic mass is 16.7. The van der Waals surface area contributed by atoms with Crippen molar-refractivity contribution in [3.8, 4) is 0 Å².